The second-order valence-electron chi connectivity index (χ2n) is 6.29. The zero-order valence-electron chi connectivity index (χ0n) is 13.8. The van der Waals surface area contributed by atoms with Crippen molar-refractivity contribution in [2.75, 3.05) is 13.2 Å². The van der Waals surface area contributed by atoms with Crippen molar-refractivity contribution in [2.24, 2.45) is 0 Å². The zero-order chi connectivity index (χ0) is 18.3. The van der Waals surface area contributed by atoms with E-state index in [1.807, 2.05) is 0 Å². The van der Waals surface area contributed by atoms with Gasteiger partial charge in [0.25, 0.3) is 0 Å². The Balaban J connectivity index is 1.70. The van der Waals surface area contributed by atoms with E-state index in [1.54, 1.807) is 12.1 Å². The Morgan fingerprint density at radius 2 is 1.85 bits per heavy atom. The maximum absolute atomic E-state index is 14.2. The minimum absolute atomic E-state index is 0.0983. The molecule has 138 valence electrons. The predicted molar refractivity (Wildman–Crippen MR) is 94.6 cm³/mol. The molecule has 0 spiro atoms. The van der Waals surface area contributed by atoms with Gasteiger partial charge in [0.2, 0.25) is 10.0 Å². The number of fused-ring (bicyclic) bond motifs is 1. The summed E-state index contributed by atoms with van der Waals surface area (Å²) in [6, 6.07) is 8.72. The molecule has 8 heteroatoms. The molecule has 1 fully saturated rings. The average molecular weight is 398 g/mol. The van der Waals surface area contributed by atoms with E-state index in [-0.39, 0.29) is 28.1 Å². The number of hydrogen-bond donors (Lipinski definition) is 0. The van der Waals surface area contributed by atoms with Gasteiger partial charge >= 0.3 is 0 Å². The number of halogens is 2. The molecule has 2 aromatic rings. The van der Waals surface area contributed by atoms with Crippen molar-refractivity contribution < 1.29 is 22.3 Å². The number of benzene rings is 2. The first kappa shape index (κ1) is 17.6. The molecule has 0 N–H and O–H groups in total. The lowest BCUT2D eigenvalue weighted by atomic mass is 10.2. The lowest BCUT2D eigenvalue weighted by Crippen LogP contribution is -2.33. The number of hydrogen-bond acceptors (Lipinski definition) is 4. The van der Waals surface area contributed by atoms with Gasteiger partial charge in [0, 0.05) is 29.2 Å². The van der Waals surface area contributed by atoms with Crippen LogP contribution in [0.4, 0.5) is 4.39 Å². The number of nitrogens with zero attached hydrogens (tertiary/aromatic N) is 1. The Hall–Kier alpha value is -1.83. The molecule has 0 unspecified atom stereocenters. The van der Waals surface area contributed by atoms with Crippen molar-refractivity contribution >= 4 is 21.6 Å². The van der Waals surface area contributed by atoms with Gasteiger partial charge in [-0.25, -0.2) is 12.8 Å². The van der Waals surface area contributed by atoms with E-state index in [0.29, 0.717) is 24.7 Å². The highest BCUT2D eigenvalue weighted by Crippen LogP contribution is 2.38. The van der Waals surface area contributed by atoms with Gasteiger partial charge in [0.15, 0.2) is 11.5 Å². The highest BCUT2D eigenvalue weighted by Gasteiger charge is 2.39. The summed E-state index contributed by atoms with van der Waals surface area (Å²) in [6.45, 7) is 0.694. The highest BCUT2D eigenvalue weighted by atomic mass is 35.5. The Kier molecular flexibility index (Phi) is 4.54. The summed E-state index contributed by atoms with van der Waals surface area (Å²) >= 11 is 6.09. The Morgan fingerprint density at radius 1 is 1.12 bits per heavy atom. The smallest absolute Gasteiger partial charge is 0.243 e. The van der Waals surface area contributed by atoms with E-state index in [0.717, 1.165) is 12.8 Å². The minimum Gasteiger partial charge on any atom is -0.486 e. The molecule has 2 aromatic carbocycles. The van der Waals surface area contributed by atoms with Crippen molar-refractivity contribution in [1.82, 2.24) is 4.31 Å². The molecule has 0 amide bonds. The SMILES string of the molecule is O=S(=O)(c1ccc2c(c1)OCCO2)N(Cc1c(F)cccc1Cl)C1CC1. The fourth-order valence-electron chi connectivity index (χ4n) is 2.93. The van der Waals surface area contributed by atoms with Crippen LogP contribution in [0.1, 0.15) is 18.4 Å². The van der Waals surface area contributed by atoms with Crippen molar-refractivity contribution in [3.8, 4) is 11.5 Å². The van der Waals surface area contributed by atoms with Crippen molar-refractivity contribution in [1.29, 1.82) is 0 Å². The van der Waals surface area contributed by atoms with Gasteiger partial charge in [-0.1, -0.05) is 17.7 Å². The molecule has 0 bridgehead atoms. The first-order chi connectivity index (χ1) is 12.5. The lowest BCUT2D eigenvalue weighted by molar-refractivity contribution is 0.171. The summed E-state index contributed by atoms with van der Waals surface area (Å²) in [6.07, 6.45) is 1.49. The summed E-state index contributed by atoms with van der Waals surface area (Å²) in [4.78, 5) is 0.0983. The van der Waals surface area contributed by atoms with Crippen LogP contribution in [0.3, 0.4) is 0 Å². The summed E-state index contributed by atoms with van der Waals surface area (Å²) in [7, 11) is -3.83. The Morgan fingerprint density at radius 3 is 2.54 bits per heavy atom. The molecule has 26 heavy (non-hydrogen) atoms. The van der Waals surface area contributed by atoms with E-state index in [9.17, 15) is 12.8 Å². The number of ether oxygens (including phenoxy) is 2. The molecule has 1 aliphatic heterocycles. The molecular weight excluding hydrogens is 381 g/mol. The van der Waals surface area contributed by atoms with Crippen LogP contribution in [0.15, 0.2) is 41.3 Å². The topological polar surface area (TPSA) is 55.8 Å². The molecule has 2 aliphatic rings. The highest BCUT2D eigenvalue weighted by molar-refractivity contribution is 7.89. The molecule has 0 saturated heterocycles. The third-order valence-electron chi connectivity index (χ3n) is 4.45. The van der Waals surface area contributed by atoms with E-state index in [4.69, 9.17) is 21.1 Å². The molecular formula is C18H17ClFNO4S. The van der Waals surface area contributed by atoms with Gasteiger partial charge in [0.05, 0.1) is 4.90 Å². The van der Waals surface area contributed by atoms with Crippen LogP contribution in [0.25, 0.3) is 0 Å². The molecule has 0 aromatic heterocycles. The second-order valence-corrected chi connectivity index (χ2v) is 8.58. The molecule has 0 atom stereocenters. The lowest BCUT2D eigenvalue weighted by Gasteiger charge is -2.24. The Labute approximate surface area is 156 Å². The third kappa shape index (κ3) is 3.26. The summed E-state index contributed by atoms with van der Waals surface area (Å²) < 4.78 is 52.8. The van der Waals surface area contributed by atoms with E-state index in [2.05, 4.69) is 0 Å². The van der Waals surface area contributed by atoms with Crippen LogP contribution in [-0.4, -0.2) is 32.0 Å². The van der Waals surface area contributed by atoms with Crippen LogP contribution in [0, 0.1) is 5.82 Å². The average Bonchev–Trinajstić information content (AvgIpc) is 3.45. The predicted octanol–water partition coefficient (Wildman–Crippen LogP) is 3.60. The fourth-order valence-corrected chi connectivity index (χ4v) is 4.82. The maximum Gasteiger partial charge on any atom is 0.243 e. The second kappa shape index (κ2) is 6.72. The van der Waals surface area contributed by atoms with Crippen LogP contribution in [0.5, 0.6) is 11.5 Å². The monoisotopic (exact) mass is 397 g/mol. The van der Waals surface area contributed by atoms with Gasteiger partial charge in [-0.2, -0.15) is 4.31 Å². The van der Waals surface area contributed by atoms with Crippen molar-refractivity contribution in [2.45, 2.75) is 30.3 Å². The zero-order valence-corrected chi connectivity index (χ0v) is 15.4. The van der Waals surface area contributed by atoms with Crippen LogP contribution < -0.4 is 9.47 Å². The standard InChI is InChI=1S/C18H17ClFNO4S/c19-15-2-1-3-16(20)14(15)11-21(12-4-5-12)26(22,23)13-6-7-17-18(10-13)25-9-8-24-17/h1-3,6-7,10,12H,4-5,8-9,11H2. The largest absolute Gasteiger partial charge is 0.486 e. The van der Waals surface area contributed by atoms with E-state index >= 15 is 0 Å². The van der Waals surface area contributed by atoms with Crippen molar-refractivity contribution in [3.05, 3.63) is 52.8 Å². The van der Waals surface area contributed by atoms with Crippen LogP contribution in [0.2, 0.25) is 5.02 Å². The van der Waals surface area contributed by atoms with E-state index < -0.39 is 15.8 Å². The molecule has 1 heterocycles. The molecule has 0 radical (unpaired) electrons. The van der Waals surface area contributed by atoms with Gasteiger partial charge in [-0.05, 0) is 37.1 Å². The number of rotatable bonds is 5. The minimum atomic E-state index is -3.83. The quantitative estimate of drug-likeness (QED) is 0.773. The molecule has 5 nitrogen and oxygen atoms in total. The first-order valence-corrected chi connectivity index (χ1v) is 10.1. The van der Waals surface area contributed by atoms with Gasteiger partial charge < -0.3 is 9.47 Å². The van der Waals surface area contributed by atoms with Gasteiger partial charge in [-0.15, -0.1) is 0 Å². The fraction of sp³-hybridized carbons (Fsp3) is 0.333. The molecule has 1 saturated carbocycles. The number of sulfonamides is 1. The van der Waals surface area contributed by atoms with Crippen molar-refractivity contribution in [3.63, 3.8) is 0 Å². The Bertz CT molecular complexity index is 926. The van der Waals surface area contributed by atoms with Gasteiger partial charge in [-0.3, -0.25) is 0 Å². The molecule has 1 aliphatic carbocycles. The van der Waals surface area contributed by atoms with Crippen LogP contribution >= 0.6 is 11.6 Å². The maximum atomic E-state index is 14.2. The summed E-state index contributed by atoms with van der Waals surface area (Å²) in [5, 5.41) is 0.216. The summed E-state index contributed by atoms with van der Waals surface area (Å²) in [5.74, 6) is 0.405. The summed E-state index contributed by atoms with van der Waals surface area (Å²) in [5.41, 5.74) is 0.183. The van der Waals surface area contributed by atoms with E-state index in [1.165, 1.54) is 28.6 Å². The normalized spacial score (nSPS) is 16.7. The first-order valence-electron chi connectivity index (χ1n) is 8.31. The van der Waals surface area contributed by atoms with Crippen LogP contribution in [-0.2, 0) is 16.6 Å². The third-order valence-corrected chi connectivity index (χ3v) is 6.70. The molecule has 4 rings (SSSR count). The van der Waals surface area contributed by atoms with Gasteiger partial charge in [0.1, 0.15) is 19.0 Å².